The van der Waals surface area contributed by atoms with Gasteiger partial charge in [-0.05, 0) is 45.2 Å². The van der Waals surface area contributed by atoms with Crippen LogP contribution in [0.1, 0.15) is 30.2 Å². The minimum absolute atomic E-state index is 0.121. The van der Waals surface area contributed by atoms with Crippen LogP contribution < -0.4 is 25.5 Å². The first-order chi connectivity index (χ1) is 19.2. The molecule has 1 aromatic carbocycles. The lowest BCUT2D eigenvalue weighted by Gasteiger charge is -2.34. The number of piperazine rings is 1. The van der Waals surface area contributed by atoms with E-state index in [0.29, 0.717) is 24.6 Å². The predicted octanol–water partition coefficient (Wildman–Crippen LogP) is 3.10. The second-order valence-electron chi connectivity index (χ2n) is 9.91. The SMILES string of the molecule is C=CCN(C)N(c1cc(OC)c(=O)n(C(C)C)n1)c1nc(Nc2ccc(N3CCN(C)CC3)cc2)ncc1C=O. The molecule has 0 unspecified atom stereocenters. The third-order valence-electron chi connectivity index (χ3n) is 6.67. The minimum Gasteiger partial charge on any atom is -0.491 e. The van der Waals surface area contributed by atoms with E-state index < -0.39 is 0 Å². The topological polar surface area (TPSA) is 112 Å². The quantitative estimate of drug-likeness (QED) is 0.217. The number of carbonyl (C=O) groups is 1. The molecule has 3 aromatic rings. The Bertz CT molecular complexity index is 1380. The maximum absolute atomic E-state index is 12.8. The first-order valence-electron chi connectivity index (χ1n) is 13.2. The molecule has 40 heavy (non-hydrogen) atoms. The summed E-state index contributed by atoms with van der Waals surface area (Å²) in [5, 5.41) is 11.3. The van der Waals surface area contributed by atoms with Crippen LogP contribution in [-0.4, -0.2) is 89.9 Å². The average molecular weight is 548 g/mol. The van der Waals surface area contributed by atoms with Gasteiger partial charge in [0, 0.05) is 63.4 Å². The molecule has 0 atom stereocenters. The van der Waals surface area contributed by atoms with E-state index in [1.54, 1.807) is 16.1 Å². The Balaban J connectivity index is 1.70. The lowest BCUT2D eigenvalue weighted by molar-refractivity contribution is 0.112. The average Bonchev–Trinajstić information content (AvgIpc) is 2.95. The number of likely N-dealkylation sites (N-methyl/N-ethyl adjacent to an activating group) is 2. The number of hydrazine groups is 1. The lowest BCUT2D eigenvalue weighted by atomic mass is 10.2. The van der Waals surface area contributed by atoms with Gasteiger partial charge in [-0.15, -0.1) is 11.7 Å². The second-order valence-corrected chi connectivity index (χ2v) is 9.91. The zero-order valence-electron chi connectivity index (χ0n) is 23.7. The maximum Gasteiger partial charge on any atom is 0.309 e. The van der Waals surface area contributed by atoms with Crippen molar-refractivity contribution < 1.29 is 9.53 Å². The van der Waals surface area contributed by atoms with Gasteiger partial charge in [-0.25, -0.2) is 19.7 Å². The van der Waals surface area contributed by atoms with Crippen molar-refractivity contribution in [2.75, 3.05) is 69.2 Å². The number of anilines is 5. The Hall–Kier alpha value is -4.29. The number of aromatic nitrogens is 4. The monoisotopic (exact) mass is 547 g/mol. The van der Waals surface area contributed by atoms with Crippen LogP contribution in [0.2, 0.25) is 0 Å². The Kier molecular flexibility index (Phi) is 9.12. The number of carbonyl (C=O) groups excluding carboxylic acids is 1. The molecule has 1 fully saturated rings. The third-order valence-corrected chi connectivity index (χ3v) is 6.67. The van der Waals surface area contributed by atoms with E-state index in [2.05, 4.69) is 51.0 Å². The van der Waals surface area contributed by atoms with Gasteiger partial charge in [0.2, 0.25) is 5.95 Å². The van der Waals surface area contributed by atoms with E-state index in [-0.39, 0.29) is 28.7 Å². The van der Waals surface area contributed by atoms with Crippen molar-refractivity contribution in [3.8, 4) is 5.75 Å². The highest BCUT2D eigenvalue weighted by Gasteiger charge is 2.25. The van der Waals surface area contributed by atoms with Crippen LogP contribution in [0.25, 0.3) is 0 Å². The molecule has 1 aliphatic rings. The maximum atomic E-state index is 12.8. The van der Waals surface area contributed by atoms with Gasteiger partial charge >= 0.3 is 5.56 Å². The highest BCUT2D eigenvalue weighted by Crippen LogP contribution is 2.29. The summed E-state index contributed by atoms with van der Waals surface area (Å²) < 4.78 is 6.70. The van der Waals surface area contributed by atoms with Crippen LogP contribution in [-0.2, 0) is 0 Å². The predicted molar refractivity (Wildman–Crippen MR) is 157 cm³/mol. The number of hydrogen-bond acceptors (Lipinski definition) is 11. The minimum atomic E-state index is -0.353. The van der Waals surface area contributed by atoms with Crippen LogP contribution in [0.4, 0.5) is 29.0 Å². The van der Waals surface area contributed by atoms with Crippen LogP contribution in [0.5, 0.6) is 5.75 Å². The van der Waals surface area contributed by atoms with Gasteiger partial charge in [-0.1, -0.05) is 6.08 Å². The largest absolute Gasteiger partial charge is 0.491 e. The zero-order valence-corrected chi connectivity index (χ0v) is 23.7. The molecule has 212 valence electrons. The first kappa shape index (κ1) is 28.7. The van der Waals surface area contributed by atoms with E-state index in [0.717, 1.165) is 37.6 Å². The fraction of sp³-hybridized carbons (Fsp3) is 0.393. The molecule has 1 aliphatic heterocycles. The Morgan fingerprint density at radius 3 is 2.48 bits per heavy atom. The number of ether oxygens (including phenoxy) is 1. The molecule has 0 bridgehead atoms. The highest BCUT2D eigenvalue weighted by molar-refractivity contribution is 5.84. The number of methoxy groups -OCH3 is 1. The van der Waals surface area contributed by atoms with Crippen molar-refractivity contribution in [3.05, 3.63) is 65.1 Å². The van der Waals surface area contributed by atoms with Crippen LogP contribution in [0.15, 0.2) is 54.0 Å². The van der Waals surface area contributed by atoms with Gasteiger partial charge < -0.3 is 19.9 Å². The van der Waals surface area contributed by atoms with Gasteiger partial charge in [0.1, 0.15) is 0 Å². The molecule has 0 radical (unpaired) electrons. The van der Waals surface area contributed by atoms with Gasteiger partial charge in [0.25, 0.3) is 0 Å². The first-order valence-corrected chi connectivity index (χ1v) is 13.2. The molecule has 12 nitrogen and oxygen atoms in total. The van der Waals surface area contributed by atoms with E-state index >= 15 is 0 Å². The van der Waals surface area contributed by atoms with Crippen molar-refractivity contribution in [2.45, 2.75) is 19.9 Å². The molecule has 12 heteroatoms. The number of aldehydes is 1. The van der Waals surface area contributed by atoms with Crippen LogP contribution >= 0.6 is 0 Å². The molecule has 0 amide bonds. The summed E-state index contributed by atoms with van der Waals surface area (Å²) in [5.74, 6) is 1.05. The Morgan fingerprint density at radius 1 is 1.18 bits per heavy atom. The molecule has 4 rings (SSSR count). The summed E-state index contributed by atoms with van der Waals surface area (Å²) in [5.41, 5.74) is 1.86. The van der Waals surface area contributed by atoms with Gasteiger partial charge in [-0.3, -0.25) is 9.59 Å². The summed E-state index contributed by atoms with van der Waals surface area (Å²) in [6.07, 6.45) is 3.86. The number of rotatable bonds is 11. The standard InChI is InChI=1S/C28H37N9O3/c1-7-12-34(5)37(25-17-24(40-6)27(39)36(32-25)20(2)3)26-21(19-38)18-29-28(31-26)30-22-8-10-23(11-9-22)35-15-13-33(4)14-16-35/h7-11,17-20H,1,12-16H2,2-6H3,(H,29,30,31). The molecular weight excluding hydrogens is 510 g/mol. The molecule has 3 heterocycles. The molecule has 0 aliphatic carbocycles. The zero-order chi connectivity index (χ0) is 28.8. The third kappa shape index (κ3) is 6.29. The van der Waals surface area contributed by atoms with Crippen molar-refractivity contribution in [3.63, 3.8) is 0 Å². The van der Waals surface area contributed by atoms with Gasteiger partial charge in [-0.2, -0.15) is 4.98 Å². The summed E-state index contributed by atoms with van der Waals surface area (Å²) in [6.45, 7) is 12.0. The molecule has 0 spiro atoms. The molecule has 2 aromatic heterocycles. The number of hydrogen-bond donors (Lipinski definition) is 1. The molecule has 0 saturated carbocycles. The molecule has 1 N–H and O–H groups in total. The smallest absolute Gasteiger partial charge is 0.309 e. The summed E-state index contributed by atoms with van der Waals surface area (Å²) in [6, 6.07) is 9.42. The van der Waals surface area contributed by atoms with Crippen molar-refractivity contribution in [1.82, 2.24) is 29.7 Å². The second kappa shape index (κ2) is 12.7. The fourth-order valence-corrected chi connectivity index (χ4v) is 4.43. The van der Waals surface area contributed by atoms with E-state index in [9.17, 15) is 9.59 Å². The van der Waals surface area contributed by atoms with Crippen molar-refractivity contribution in [1.29, 1.82) is 0 Å². The summed E-state index contributed by atoms with van der Waals surface area (Å²) >= 11 is 0. The summed E-state index contributed by atoms with van der Waals surface area (Å²) in [4.78, 5) is 38.7. The van der Waals surface area contributed by atoms with Gasteiger partial charge in [0.05, 0.1) is 18.7 Å². The molecular formula is C28H37N9O3. The highest BCUT2D eigenvalue weighted by atomic mass is 16.5. The Morgan fingerprint density at radius 2 is 1.88 bits per heavy atom. The molecule has 1 saturated heterocycles. The van der Waals surface area contributed by atoms with E-state index in [1.165, 1.54) is 24.1 Å². The number of nitrogens with one attached hydrogen (secondary N) is 1. The number of benzene rings is 1. The van der Waals surface area contributed by atoms with Crippen LogP contribution in [0.3, 0.4) is 0 Å². The van der Waals surface area contributed by atoms with Crippen LogP contribution in [0, 0.1) is 0 Å². The van der Waals surface area contributed by atoms with E-state index in [1.807, 2.05) is 33.0 Å². The van der Waals surface area contributed by atoms with Gasteiger partial charge in [0.15, 0.2) is 23.7 Å². The summed E-state index contributed by atoms with van der Waals surface area (Å²) in [7, 11) is 5.38. The lowest BCUT2D eigenvalue weighted by Crippen LogP contribution is -2.44. The fourth-order valence-electron chi connectivity index (χ4n) is 4.43. The van der Waals surface area contributed by atoms with Crippen molar-refractivity contribution in [2.24, 2.45) is 0 Å². The van der Waals surface area contributed by atoms with E-state index in [4.69, 9.17) is 9.72 Å². The van der Waals surface area contributed by atoms with Crippen molar-refractivity contribution >= 4 is 35.2 Å². The number of nitrogens with zero attached hydrogens (tertiary/aromatic N) is 8. The Labute approximate surface area is 234 Å². The normalized spacial score (nSPS) is 13.9.